The number of benzene rings is 1. The predicted octanol–water partition coefficient (Wildman–Crippen LogP) is 3.45. The van der Waals surface area contributed by atoms with Crippen LogP contribution in [-0.2, 0) is 6.42 Å². The molecule has 0 bridgehead atoms. The molecule has 1 aromatic carbocycles. The van der Waals surface area contributed by atoms with Crippen LogP contribution in [0.1, 0.15) is 12.5 Å². The zero-order valence-corrected chi connectivity index (χ0v) is 11.0. The minimum absolute atomic E-state index is 0.551. The van der Waals surface area contributed by atoms with Gasteiger partial charge in [-0.1, -0.05) is 31.2 Å². The Morgan fingerprint density at radius 2 is 1.89 bits per heavy atom. The van der Waals surface area contributed by atoms with E-state index in [1.165, 1.54) is 5.56 Å². The fourth-order valence-corrected chi connectivity index (χ4v) is 1.87. The number of pyridine rings is 1. The van der Waals surface area contributed by atoms with E-state index in [-0.39, 0.29) is 0 Å². The molecule has 0 aliphatic carbocycles. The Balaban J connectivity index is 2.03. The highest BCUT2D eigenvalue weighted by molar-refractivity contribution is 7.80. The van der Waals surface area contributed by atoms with Crippen molar-refractivity contribution in [2.24, 2.45) is 0 Å². The van der Waals surface area contributed by atoms with E-state index in [9.17, 15) is 0 Å². The van der Waals surface area contributed by atoms with Crippen molar-refractivity contribution in [2.45, 2.75) is 13.3 Å². The summed E-state index contributed by atoms with van der Waals surface area (Å²) in [5, 5.41) is 6.79. The lowest BCUT2D eigenvalue weighted by atomic mass is 10.1. The zero-order chi connectivity index (χ0) is 12.8. The molecule has 92 valence electrons. The van der Waals surface area contributed by atoms with Crippen LogP contribution in [0.2, 0.25) is 0 Å². The van der Waals surface area contributed by atoms with Crippen LogP contribution in [0.15, 0.2) is 48.7 Å². The van der Waals surface area contributed by atoms with Crippen LogP contribution in [0.5, 0.6) is 0 Å². The van der Waals surface area contributed by atoms with Gasteiger partial charge in [-0.25, -0.2) is 4.98 Å². The summed E-state index contributed by atoms with van der Waals surface area (Å²) in [7, 11) is 0. The number of thiocarbonyl (C=S) groups is 1. The summed E-state index contributed by atoms with van der Waals surface area (Å²) in [6.07, 6.45) is 2.69. The van der Waals surface area contributed by atoms with Gasteiger partial charge in [-0.3, -0.25) is 0 Å². The van der Waals surface area contributed by atoms with Crippen LogP contribution < -0.4 is 10.6 Å². The van der Waals surface area contributed by atoms with Crippen LogP contribution in [0, 0.1) is 0 Å². The minimum atomic E-state index is 0.551. The summed E-state index contributed by atoms with van der Waals surface area (Å²) in [5.74, 6) is 0.740. The molecular formula is C14H15N3S. The number of aryl methyl sites for hydroxylation is 1. The quantitative estimate of drug-likeness (QED) is 0.826. The number of aromatic nitrogens is 1. The van der Waals surface area contributed by atoms with Gasteiger partial charge in [0.15, 0.2) is 5.11 Å². The maximum atomic E-state index is 5.26. The monoisotopic (exact) mass is 257 g/mol. The lowest BCUT2D eigenvalue weighted by molar-refractivity contribution is 1.14. The van der Waals surface area contributed by atoms with E-state index >= 15 is 0 Å². The van der Waals surface area contributed by atoms with Crippen molar-refractivity contribution < 1.29 is 0 Å². The molecule has 0 spiro atoms. The molecule has 0 aliphatic rings. The highest BCUT2D eigenvalue weighted by Crippen LogP contribution is 2.15. The van der Waals surface area contributed by atoms with Crippen LogP contribution >= 0.6 is 12.2 Å². The normalized spacial score (nSPS) is 9.83. The number of nitrogens with one attached hydrogen (secondary N) is 2. The number of rotatable bonds is 3. The third kappa shape index (κ3) is 3.28. The summed E-state index contributed by atoms with van der Waals surface area (Å²) in [6.45, 7) is 2.12. The third-order valence-corrected chi connectivity index (χ3v) is 2.76. The molecule has 2 N–H and O–H groups in total. The van der Waals surface area contributed by atoms with Gasteiger partial charge < -0.3 is 10.6 Å². The maximum Gasteiger partial charge on any atom is 0.176 e. The smallest absolute Gasteiger partial charge is 0.176 e. The van der Waals surface area contributed by atoms with Crippen molar-refractivity contribution in [1.82, 2.24) is 4.98 Å². The van der Waals surface area contributed by atoms with Crippen molar-refractivity contribution in [3.8, 4) is 0 Å². The van der Waals surface area contributed by atoms with Gasteiger partial charge in [0.1, 0.15) is 5.82 Å². The Hall–Kier alpha value is -1.94. The van der Waals surface area contributed by atoms with E-state index in [4.69, 9.17) is 12.2 Å². The lowest BCUT2D eigenvalue weighted by Gasteiger charge is -2.12. The van der Waals surface area contributed by atoms with Crippen molar-refractivity contribution in [1.29, 1.82) is 0 Å². The Labute approximate surface area is 112 Å². The summed E-state index contributed by atoms with van der Waals surface area (Å²) >= 11 is 5.26. The van der Waals surface area contributed by atoms with Gasteiger partial charge in [0, 0.05) is 11.9 Å². The van der Waals surface area contributed by atoms with Crippen LogP contribution in [-0.4, -0.2) is 10.1 Å². The fraction of sp³-hybridized carbons (Fsp3) is 0.143. The first-order valence-corrected chi connectivity index (χ1v) is 6.27. The van der Waals surface area contributed by atoms with Crippen molar-refractivity contribution >= 4 is 28.8 Å². The highest BCUT2D eigenvalue weighted by atomic mass is 32.1. The molecule has 0 unspecified atom stereocenters. The van der Waals surface area contributed by atoms with E-state index in [1.807, 2.05) is 36.4 Å². The summed E-state index contributed by atoms with van der Waals surface area (Å²) in [6, 6.07) is 13.8. The average Bonchev–Trinajstić information content (AvgIpc) is 2.40. The molecule has 18 heavy (non-hydrogen) atoms. The predicted molar refractivity (Wildman–Crippen MR) is 79.9 cm³/mol. The van der Waals surface area contributed by atoms with E-state index < -0.39 is 0 Å². The second kappa shape index (κ2) is 6.12. The second-order valence-corrected chi connectivity index (χ2v) is 4.21. The lowest BCUT2D eigenvalue weighted by Crippen LogP contribution is -2.20. The Morgan fingerprint density at radius 1 is 1.11 bits per heavy atom. The van der Waals surface area contributed by atoms with Crippen LogP contribution in [0.3, 0.4) is 0 Å². The molecule has 3 nitrogen and oxygen atoms in total. The van der Waals surface area contributed by atoms with Crippen LogP contribution in [0.25, 0.3) is 0 Å². The van der Waals surface area contributed by atoms with Crippen molar-refractivity contribution in [2.75, 3.05) is 10.6 Å². The first-order valence-electron chi connectivity index (χ1n) is 5.86. The molecule has 0 amide bonds. The summed E-state index contributed by atoms with van der Waals surface area (Å²) in [4.78, 5) is 4.16. The van der Waals surface area contributed by atoms with Gasteiger partial charge in [-0.15, -0.1) is 0 Å². The molecule has 1 aromatic heterocycles. The Bertz CT molecular complexity index is 526. The molecule has 0 fully saturated rings. The standard InChI is InChI=1S/C14H15N3S/c1-2-11-7-3-4-8-12(11)16-14(18)17-13-9-5-6-10-15-13/h3-10H,2H2,1H3,(H2,15,16,17,18). The molecule has 0 aliphatic heterocycles. The Kier molecular flexibility index (Phi) is 4.25. The fourth-order valence-electron chi connectivity index (χ4n) is 1.66. The molecule has 0 saturated carbocycles. The second-order valence-electron chi connectivity index (χ2n) is 3.80. The average molecular weight is 257 g/mol. The Morgan fingerprint density at radius 3 is 2.61 bits per heavy atom. The molecule has 2 aromatic rings. The number of para-hydroxylation sites is 1. The molecule has 4 heteroatoms. The minimum Gasteiger partial charge on any atom is -0.332 e. The zero-order valence-electron chi connectivity index (χ0n) is 10.2. The van der Waals surface area contributed by atoms with Crippen LogP contribution in [0.4, 0.5) is 11.5 Å². The molecule has 0 atom stereocenters. The van der Waals surface area contributed by atoms with Crippen molar-refractivity contribution in [3.05, 3.63) is 54.2 Å². The first-order chi connectivity index (χ1) is 8.79. The number of hydrogen-bond acceptors (Lipinski definition) is 2. The molecular weight excluding hydrogens is 242 g/mol. The largest absolute Gasteiger partial charge is 0.332 e. The van der Waals surface area contributed by atoms with Gasteiger partial charge in [-0.05, 0) is 42.4 Å². The van der Waals surface area contributed by atoms with Gasteiger partial charge in [0.05, 0.1) is 0 Å². The third-order valence-electron chi connectivity index (χ3n) is 2.55. The molecule has 0 radical (unpaired) electrons. The summed E-state index contributed by atoms with van der Waals surface area (Å²) in [5.41, 5.74) is 2.27. The SMILES string of the molecule is CCc1ccccc1NC(=S)Nc1ccccn1. The highest BCUT2D eigenvalue weighted by Gasteiger charge is 2.02. The molecule has 2 rings (SSSR count). The van der Waals surface area contributed by atoms with E-state index in [1.54, 1.807) is 6.20 Å². The van der Waals surface area contributed by atoms with E-state index in [0.29, 0.717) is 5.11 Å². The molecule has 1 heterocycles. The topological polar surface area (TPSA) is 37.0 Å². The molecule has 0 saturated heterocycles. The van der Waals surface area contributed by atoms with Gasteiger partial charge >= 0.3 is 0 Å². The van der Waals surface area contributed by atoms with E-state index in [0.717, 1.165) is 17.9 Å². The summed E-state index contributed by atoms with van der Waals surface area (Å²) < 4.78 is 0. The number of nitrogens with zero attached hydrogens (tertiary/aromatic N) is 1. The van der Waals surface area contributed by atoms with E-state index in [2.05, 4.69) is 28.6 Å². The van der Waals surface area contributed by atoms with Gasteiger partial charge in [0.25, 0.3) is 0 Å². The first kappa shape index (κ1) is 12.5. The maximum absolute atomic E-state index is 5.26. The van der Waals surface area contributed by atoms with Gasteiger partial charge in [0.2, 0.25) is 0 Å². The number of anilines is 2. The van der Waals surface area contributed by atoms with Gasteiger partial charge in [-0.2, -0.15) is 0 Å². The van der Waals surface area contributed by atoms with Crippen molar-refractivity contribution in [3.63, 3.8) is 0 Å². The number of hydrogen-bond donors (Lipinski definition) is 2.